The van der Waals surface area contributed by atoms with Gasteiger partial charge in [0, 0.05) is 4.48 Å². The van der Waals surface area contributed by atoms with Crippen LogP contribution in [0.4, 0.5) is 0 Å². The normalized spacial score (nSPS) is 29.7. The maximum Gasteiger partial charge on any atom is 0.135 e. The van der Waals surface area contributed by atoms with Gasteiger partial charge in [-0.3, -0.25) is 0 Å². The van der Waals surface area contributed by atoms with Crippen LogP contribution < -0.4 is 0 Å². The standard InChI is InChI=1S/C8Br14/c9-1(2(10)11)3(12)4(13,14)6(17,18)8(21,22)7(19,20)5(3,15)16. The summed E-state index contributed by atoms with van der Waals surface area (Å²) in [7, 11) is 0. The van der Waals surface area contributed by atoms with Gasteiger partial charge in [-0.05, 0) is 31.9 Å². The molecule has 0 bridgehead atoms. The zero-order chi connectivity index (χ0) is 18.2. The van der Waals surface area contributed by atoms with E-state index in [1.807, 2.05) is 0 Å². The number of hydrogen-bond donors (Lipinski definition) is 0. The lowest BCUT2D eigenvalue weighted by molar-refractivity contribution is 0.451. The Hall–Kier alpha value is 6.46. The summed E-state index contributed by atoms with van der Waals surface area (Å²) in [5, 5.41) is 0. The van der Waals surface area contributed by atoms with Crippen molar-refractivity contribution >= 4 is 223 Å². The van der Waals surface area contributed by atoms with Crippen LogP contribution in [0.1, 0.15) is 0 Å². The van der Waals surface area contributed by atoms with E-state index in [0.717, 1.165) is 7.87 Å². The Morgan fingerprint density at radius 3 is 0.864 bits per heavy atom. The quantitative estimate of drug-likeness (QED) is 0.230. The zero-order valence-corrected chi connectivity index (χ0v) is 31.5. The average molecular weight is 1210 g/mol. The summed E-state index contributed by atoms with van der Waals surface area (Å²) in [6.45, 7) is 0. The van der Waals surface area contributed by atoms with E-state index in [-0.39, 0.29) is 0 Å². The van der Waals surface area contributed by atoms with Crippen LogP contribution in [-0.2, 0) is 0 Å². The number of allylic oxidation sites excluding steroid dienone is 1. The maximum absolute atomic E-state index is 3.89. The third-order valence-corrected chi connectivity index (χ3v) is 30.4. The predicted molar refractivity (Wildman–Crippen MR) is 148 cm³/mol. The second-order valence-corrected chi connectivity index (χ2v) is 26.0. The molecule has 0 aromatic carbocycles. The van der Waals surface area contributed by atoms with E-state index in [4.69, 9.17) is 0 Å². The third kappa shape index (κ3) is 3.45. The molecule has 0 aromatic rings. The van der Waals surface area contributed by atoms with Crippen molar-refractivity contribution in [3.8, 4) is 0 Å². The summed E-state index contributed by atoms with van der Waals surface area (Å²) < 4.78 is -3.06. The molecule has 14 heteroatoms. The van der Waals surface area contributed by atoms with E-state index < -0.39 is 20.5 Å². The molecular formula is C8Br14. The lowest BCUT2D eigenvalue weighted by atomic mass is 9.87. The van der Waals surface area contributed by atoms with Crippen molar-refractivity contribution in [2.24, 2.45) is 0 Å². The Kier molecular flexibility index (Phi) is 9.86. The molecule has 1 aliphatic carbocycles. The van der Waals surface area contributed by atoms with Gasteiger partial charge < -0.3 is 0 Å². The smallest absolute Gasteiger partial charge is 0.0743 e. The lowest BCUT2D eigenvalue weighted by Gasteiger charge is -2.66. The highest BCUT2D eigenvalue weighted by Gasteiger charge is 2.85. The lowest BCUT2D eigenvalue weighted by Crippen LogP contribution is -2.78. The minimum atomic E-state index is -0.791. The van der Waals surface area contributed by atoms with Crippen molar-refractivity contribution in [1.29, 1.82) is 0 Å². The molecule has 0 unspecified atom stereocenters. The zero-order valence-electron chi connectivity index (χ0n) is 9.29. The number of alkyl halides is 11. The first-order valence-corrected chi connectivity index (χ1v) is 15.7. The molecular weight excluding hydrogens is 1210 g/mol. The summed E-state index contributed by atoms with van der Waals surface area (Å²) in [4.78, 5) is 0. The number of halogens is 14. The van der Waals surface area contributed by atoms with Gasteiger partial charge in [-0.2, -0.15) is 0 Å². The van der Waals surface area contributed by atoms with Gasteiger partial charge in [0.25, 0.3) is 0 Å². The molecule has 1 fully saturated rings. The highest BCUT2D eigenvalue weighted by molar-refractivity contribution is 9.36. The molecule has 130 valence electrons. The second-order valence-electron chi connectivity index (χ2n) is 4.10. The molecule has 1 saturated carbocycles. The highest BCUT2D eigenvalue weighted by atomic mass is 79.9. The van der Waals surface area contributed by atoms with Gasteiger partial charge in [0.2, 0.25) is 0 Å². The summed E-state index contributed by atoms with van der Waals surface area (Å²) in [6.07, 6.45) is 0. The third-order valence-electron chi connectivity index (χ3n) is 2.91. The average Bonchev–Trinajstić information content (AvgIpc) is 2.34. The van der Waals surface area contributed by atoms with Gasteiger partial charge in [-0.15, -0.1) is 0 Å². The van der Waals surface area contributed by atoms with Gasteiger partial charge in [0.05, 0.1) is 3.39 Å². The highest BCUT2D eigenvalue weighted by Crippen LogP contribution is 2.83. The van der Waals surface area contributed by atoms with Crippen LogP contribution >= 0.6 is 223 Å². The van der Waals surface area contributed by atoms with Crippen molar-refractivity contribution in [2.75, 3.05) is 0 Å². The van der Waals surface area contributed by atoms with Crippen LogP contribution in [0.5, 0.6) is 0 Å². The first-order chi connectivity index (χ1) is 9.35. The summed E-state index contributed by atoms with van der Waals surface area (Å²) in [6, 6.07) is 0. The topological polar surface area (TPSA) is 0 Å². The van der Waals surface area contributed by atoms with Gasteiger partial charge in [-0.25, -0.2) is 0 Å². The molecule has 0 amide bonds. The molecule has 0 N–H and O–H groups in total. The fourth-order valence-corrected chi connectivity index (χ4v) is 17.3. The largest absolute Gasteiger partial charge is 0.135 e. The maximum atomic E-state index is 3.89. The number of hydrogen-bond acceptors (Lipinski definition) is 0. The Morgan fingerprint density at radius 1 is 0.409 bits per heavy atom. The molecule has 22 heavy (non-hydrogen) atoms. The van der Waals surface area contributed by atoms with E-state index in [2.05, 4.69) is 223 Å². The fraction of sp³-hybridized carbons (Fsp3) is 0.750. The van der Waals surface area contributed by atoms with Gasteiger partial charge in [0.15, 0.2) is 0 Å². The number of rotatable bonds is 1. The van der Waals surface area contributed by atoms with Crippen LogP contribution in [0.2, 0.25) is 0 Å². The molecule has 0 heterocycles. The van der Waals surface area contributed by atoms with Crippen molar-refractivity contribution in [3.63, 3.8) is 0 Å². The second kappa shape index (κ2) is 8.19. The van der Waals surface area contributed by atoms with Crippen LogP contribution in [0.3, 0.4) is 0 Å². The van der Waals surface area contributed by atoms with E-state index in [9.17, 15) is 0 Å². The first kappa shape index (κ1) is 26.5. The molecule has 0 atom stereocenters. The van der Waals surface area contributed by atoms with Crippen molar-refractivity contribution < 1.29 is 0 Å². The van der Waals surface area contributed by atoms with Crippen LogP contribution in [-0.4, -0.2) is 20.5 Å². The minimum absolute atomic E-state index is 0.733. The van der Waals surface area contributed by atoms with Crippen LogP contribution in [0.15, 0.2) is 7.87 Å². The Labute approximate surface area is 246 Å². The van der Waals surface area contributed by atoms with Crippen LogP contribution in [0, 0.1) is 0 Å². The van der Waals surface area contributed by atoms with Crippen LogP contribution in [0.25, 0.3) is 0 Å². The SMILES string of the molecule is BrC(Br)=C(Br)C1(Br)C(Br)(Br)C(Br)(Br)C(Br)(Br)C(Br)(Br)C1(Br)Br. The molecule has 0 nitrogen and oxygen atoms in total. The van der Waals surface area contributed by atoms with Gasteiger partial charge in [0.1, 0.15) is 20.5 Å². The molecule has 0 saturated heterocycles. The Morgan fingerprint density at radius 2 is 0.636 bits per heavy atom. The predicted octanol–water partition coefficient (Wildman–Crippen LogP) is 10.9. The van der Waals surface area contributed by atoms with Crippen molar-refractivity contribution in [3.05, 3.63) is 7.87 Å². The molecule has 0 radical (unpaired) electrons. The summed E-state index contributed by atoms with van der Waals surface area (Å²) in [5.74, 6) is 0. The van der Waals surface area contributed by atoms with E-state index >= 15 is 0 Å². The Balaban J connectivity index is 3.98. The van der Waals surface area contributed by atoms with E-state index in [1.165, 1.54) is 0 Å². The molecule has 0 aromatic heterocycles. The van der Waals surface area contributed by atoms with E-state index in [1.54, 1.807) is 0 Å². The summed E-state index contributed by atoms with van der Waals surface area (Å²) >= 11 is 52.4. The molecule has 0 aliphatic heterocycles. The summed E-state index contributed by atoms with van der Waals surface area (Å²) in [5.41, 5.74) is 0. The Bertz CT molecular complexity index is 479. The first-order valence-electron chi connectivity index (χ1n) is 4.65. The molecule has 1 aliphatic rings. The molecule has 0 spiro atoms. The minimum Gasteiger partial charge on any atom is -0.0743 e. The van der Waals surface area contributed by atoms with E-state index in [0.29, 0.717) is 0 Å². The van der Waals surface area contributed by atoms with Gasteiger partial charge in [-0.1, -0.05) is 191 Å². The van der Waals surface area contributed by atoms with Gasteiger partial charge >= 0.3 is 0 Å². The molecule has 1 rings (SSSR count). The monoisotopic (exact) mass is 1200 g/mol. The fourth-order valence-electron chi connectivity index (χ4n) is 1.63. The van der Waals surface area contributed by atoms with Crippen molar-refractivity contribution in [1.82, 2.24) is 0 Å². The van der Waals surface area contributed by atoms with Crippen molar-refractivity contribution in [2.45, 2.75) is 20.5 Å².